The highest BCUT2D eigenvalue weighted by Gasteiger charge is 2.42. The maximum atomic E-state index is 13.1. The average molecular weight is 408 g/mol. The van der Waals surface area contributed by atoms with Crippen molar-refractivity contribution < 1.29 is 38.9 Å². The molecule has 2 unspecified atom stereocenters. The minimum atomic E-state index is -1.15. The normalized spacial score (nSPS) is 18.9. The van der Waals surface area contributed by atoms with E-state index in [1.54, 1.807) is 12.1 Å². The Morgan fingerprint density at radius 2 is 1.13 bits per heavy atom. The van der Waals surface area contributed by atoms with E-state index in [9.17, 15) is 29.4 Å². The number of benzene rings is 2. The predicted octanol–water partition coefficient (Wildman–Crippen LogP) is 2.65. The summed E-state index contributed by atoms with van der Waals surface area (Å²) in [5.74, 6) is -3.89. The van der Waals surface area contributed by atoms with Gasteiger partial charge in [-0.1, -0.05) is 24.3 Å². The summed E-state index contributed by atoms with van der Waals surface area (Å²) in [7, 11) is 0. The van der Waals surface area contributed by atoms with Crippen molar-refractivity contribution in [1.29, 1.82) is 0 Å². The number of esters is 2. The Bertz CT molecular complexity index is 1080. The van der Waals surface area contributed by atoms with Gasteiger partial charge in [-0.05, 0) is 12.2 Å². The lowest BCUT2D eigenvalue weighted by Gasteiger charge is -2.31. The van der Waals surface area contributed by atoms with E-state index in [0.717, 1.165) is 13.8 Å². The van der Waals surface area contributed by atoms with Crippen LogP contribution in [0.3, 0.4) is 0 Å². The standard InChI is InChI=1S/C22H16O8/c1-9(23)29-13-7-8-14(30-10(2)24)16-15(13)21(27)17-18(22(16)28)20(26)12-6-4-3-5-11(12)19(17)25/h3-8,13-14,27-28H,1-2H3. The van der Waals surface area contributed by atoms with Gasteiger partial charge < -0.3 is 19.7 Å². The van der Waals surface area contributed by atoms with Gasteiger partial charge in [0.05, 0.1) is 22.3 Å². The Balaban J connectivity index is 2.04. The van der Waals surface area contributed by atoms with Crippen LogP contribution < -0.4 is 0 Å². The smallest absolute Gasteiger partial charge is 0.303 e. The summed E-state index contributed by atoms with van der Waals surface area (Å²) < 4.78 is 10.4. The Morgan fingerprint density at radius 1 is 0.767 bits per heavy atom. The Labute approximate surface area is 170 Å². The van der Waals surface area contributed by atoms with Gasteiger partial charge in [0, 0.05) is 25.0 Å². The number of rotatable bonds is 2. The topological polar surface area (TPSA) is 127 Å². The van der Waals surface area contributed by atoms with E-state index >= 15 is 0 Å². The second kappa shape index (κ2) is 6.84. The molecule has 2 aromatic carbocycles. The van der Waals surface area contributed by atoms with Gasteiger partial charge in [-0.2, -0.15) is 0 Å². The maximum Gasteiger partial charge on any atom is 0.303 e. The first-order valence-electron chi connectivity index (χ1n) is 9.05. The Morgan fingerprint density at radius 3 is 1.47 bits per heavy atom. The Kier molecular flexibility index (Phi) is 4.42. The molecule has 0 saturated carbocycles. The van der Waals surface area contributed by atoms with E-state index in [-0.39, 0.29) is 33.4 Å². The zero-order valence-electron chi connectivity index (χ0n) is 16.0. The average Bonchev–Trinajstić information content (AvgIpc) is 2.69. The van der Waals surface area contributed by atoms with Crippen LogP contribution in [0.1, 0.15) is 69.0 Å². The summed E-state index contributed by atoms with van der Waals surface area (Å²) in [5.41, 5.74) is -0.840. The first kappa shape index (κ1) is 19.4. The fourth-order valence-corrected chi connectivity index (χ4v) is 3.88. The molecule has 0 aliphatic heterocycles. The molecule has 8 heteroatoms. The molecule has 0 bridgehead atoms. The van der Waals surface area contributed by atoms with Crippen molar-refractivity contribution in [1.82, 2.24) is 0 Å². The zero-order valence-corrected chi connectivity index (χ0v) is 16.0. The molecule has 2 N–H and O–H groups in total. The summed E-state index contributed by atoms with van der Waals surface area (Å²) in [5, 5.41) is 22.0. The lowest BCUT2D eigenvalue weighted by molar-refractivity contribution is -0.147. The van der Waals surface area contributed by atoms with E-state index in [2.05, 4.69) is 0 Å². The molecular weight excluding hydrogens is 392 g/mol. The molecule has 0 amide bonds. The Hall–Kier alpha value is -3.94. The van der Waals surface area contributed by atoms with Crippen LogP contribution >= 0.6 is 0 Å². The van der Waals surface area contributed by atoms with E-state index in [1.807, 2.05) is 0 Å². The lowest BCUT2D eigenvalue weighted by Crippen LogP contribution is -2.25. The highest BCUT2D eigenvalue weighted by Crippen LogP contribution is 2.50. The van der Waals surface area contributed by atoms with E-state index < -0.39 is 47.2 Å². The maximum absolute atomic E-state index is 13.1. The van der Waals surface area contributed by atoms with Gasteiger partial charge in [-0.3, -0.25) is 19.2 Å². The number of phenolic OH excluding ortho intramolecular Hbond substituents is 2. The van der Waals surface area contributed by atoms with Crippen molar-refractivity contribution in [2.45, 2.75) is 26.1 Å². The van der Waals surface area contributed by atoms with Gasteiger partial charge in [0.15, 0.2) is 11.6 Å². The first-order valence-corrected chi connectivity index (χ1v) is 9.05. The van der Waals surface area contributed by atoms with Gasteiger partial charge in [0.1, 0.15) is 23.7 Å². The number of fused-ring (bicyclic) bond motifs is 3. The SMILES string of the molecule is CC(=O)OC1C=CC(OC(C)=O)c2c(O)c3c(c(O)c21)C(=O)c1ccccc1C3=O. The molecule has 2 aliphatic rings. The third kappa shape index (κ3) is 2.76. The van der Waals surface area contributed by atoms with Gasteiger partial charge >= 0.3 is 11.9 Å². The van der Waals surface area contributed by atoms with E-state index in [4.69, 9.17) is 9.47 Å². The van der Waals surface area contributed by atoms with E-state index in [1.165, 1.54) is 24.3 Å². The van der Waals surface area contributed by atoms with Crippen LogP contribution in [0.15, 0.2) is 36.4 Å². The quantitative estimate of drug-likeness (QED) is 0.376. The van der Waals surface area contributed by atoms with Crippen LogP contribution in [-0.2, 0) is 19.1 Å². The zero-order chi connectivity index (χ0) is 21.7. The van der Waals surface area contributed by atoms with Gasteiger partial charge in [0.2, 0.25) is 0 Å². The van der Waals surface area contributed by atoms with Crippen molar-refractivity contribution >= 4 is 23.5 Å². The lowest BCUT2D eigenvalue weighted by atomic mass is 9.78. The number of phenols is 2. The molecule has 0 heterocycles. The highest BCUT2D eigenvalue weighted by atomic mass is 16.6. The number of carbonyl (C=O) groups is 4. The number of ketones is 2. The number of hydrogen-bond acceptors (Lipinski definition) is 8. The first-order chi connectivity index (χ1) is 14.2. The van der Waals surface area contributed by atoms with Crippen LogP contribution in [0.4, 0.5) is 0 Å². The summed E-state index contributed by atoms with van der Waals surface area (Å²) in [6.07, 6.45) is 0.430. The highest BCUT2D eigenvalue weighted by molar-refractivity contribution is 6.30. The molecule has 8 nitrogen and oxygen atoms in total. The summed E-state index contributed by atoms with van der Waals surface area (Å²) in [6, 6.07) is 6.04. The molecule has 0 aromatic heterocycles. The van der Waals surface area contributed by atoms with Crippen molar-refractivity contribution in [3.8, 4) is 11.5 Å². The van der Waals surface area contributed by atoms with Crippen LogP contribution in [-0.4, -0.2) is 33.7 Å². The third-order valence-electron chi connectivity index (χ3n) is 5.01. The molecule has 30 heavy (non-hydrogen) atoms. The fraction of sp³-hybridized carbons (Fsp3) is 0.182. The summed E-state index contributed by atoms with van der Waals surface area (Å²) >= 11 is 0. The molecule has 0 saturated heterocycles. The largest absolute Gasteiger partial charge is 0.507 e. The predicted molar refractivity (Wildman–Crippen MR) is 101 cm³/mol. The molecule has 2 atom stereocenters. The van der Waals surface area contributed by atoms with Gasteiger partial charge in [0.25, 0.3) is 0 Å². The molecule has 2 aliphatic carbocycles. The van der Waals surface area contributed by atoms with Crippen LogP contribution in [0.5, 0.6) is 11.5 Å². The number of carbonyl (C=O) groups excluding carboxylic acids is 4. The molecule has 4 rings (SSSR count). The van der Waals surface area contributed by atoms with Crippen molar-refractivity contribution in [2.24, 2.45) is 0 Å². The molecule has 0 spiro atoms. The van der Waals surface area contributed by atoms with Crippen molar-refractivity contribution in [2.75, 3.05) is 0 Å². The molecule has 0 fully saturated rings. The second-order valence-electron chi connectivity index (χ2n) is 6.92. The van der Waals surface area contributed by atoms with Crippen LogP contribution in [0.2, 0.25) is 0 Å². The monoisotopic (exact) mass is 408 g/mol. The molecular formula is C22H16O8. The summed E-state index contributed by atoms with van der Waals surface area (Å²) in [4.78, 5) is 49.2. The molecule has 0 radical (unpaired) electrons. The number of hydrogen-bond donors (Lipinski definition) is 2. The van der Waals surface area contributed by atoms with Crippen LogP contribution in [0, 0.1) is 0 Å². The van der Waals surface area contributed by atoms with Crippen molar-refractivity contribution in [3.05, 3.63) is 69.8 Å². The minimum absolute atomic E-state index is 0.0802. The minimum Gasteiger partial charge on any atom is -0.507 e. The van der Waals surface area contributed by atoms with Crippen molar-refractivity contribution in [3.63, 3.8) is 0 Å². The fourth-order valence-electron chi connectivity index (χ4n) is 3.88. The molecule has 152 valence electrons. The number of aromatic hydroxyl groups is 2. The van der Waals surface area contributed by atoms with Gasteiger partial charge in [-0.25, -0.2) is 0 Å². The second-order valence-corrected chi connectivity index (χ2v) is 6.92. The number of ether oxygens (including phenoxy) is 2. The summed E-state index contributed by atoms with van der Waals surface area (Å²) in [6.45, 7) is 2.32. The van der Waals surface area contributed by atoms with Gasteiger partial charge in [-0.15, -0.1) is 0 Å². The van der Waals surface area contributed by atoms with Crippen LogP contribution in [0.25, 0.3) is 0 Å². The third-order valence-corrected chi connectivity index (χ3v) is 5.01. The molecule has 2 aromatic rings. The van der Waals surface area contributed by atoms with E-state index in [0.29, 0.717) is 0 Å².